The van der Waals surface area contributed by atoms with Gasteiger partial charge in [-0.2, -0.15) is 0 Å². The third-order valence-corrected chi connectivity index (χ3v) is 3.42. The molecule has 1 amide bonds. The Morgan fingerprint density at radius 2 is 1.83 bits per heavy atom. The molecule has 0 aliphatic heterocycles. The highest BCUT2D eigenvalue weighted by Crippen LogP contribution is 2.19. The van der Waals surface area contributed by atoms with Crippen molar-refractivity contribution in [3.05, 3.63) is 29.8 Å². The van der Waals surface area contributed by atoms with Gasteiger partial charge < -0.3 is 5.32 Å². The van der Waals surface area contributed by atoms with Gasteiger partial charge in [-0.05, 0) is 24.5 Å². The monoisotopic (exact) mass is 265 g/mol. The number of aryl methyl sites for hydroxylation is 1. The minimum absolute atomic E-state index is 0.0637. The summed E-state index contributed by atoms with van der Waals surface area (Å²) in [5, 5.41) is 2.96. The van der Waals surface area contributed by atoms with E-state index in [2.05, 4.69) is 57.3 Å². The lowest BCUT2D eigenvalue weighted by Crippen LogP contribution is -2.29. The molecule has 0 heterocycles. The van der Waals surface area contributed by atoms with E-state index in [9.17, 15) is 4.79 Å². The summed E-state index contributed by atoms with van der Waals surface area (Å²) in [7, 11) is 0. The molecule has 0 atom stereocenters. The fourth-order valence-corrected chi connectivity index (χ4v) is 2.31. The number of carbonyl (C=O) groups is 1. The van der Waals surface area contributed by atoms with Crippen molar-refractivity contribution in [1.29, 1.82) is 0 Å². The van der Waals surface area contributed by atoms with Gasteiger partial charge in [-0.15, -0.1) is 11.8 Å². The van der Waals surface area contributed by atoms with Gasteiger partial charge in [0.25, 0.3) is 0 Å². The second kappa shape index (κ2) is 6.83. The summed E-state index contributed by atoms with van der Waals surface area (Å²) < 4.78 is 0. The lowest BCUT2D eigenvalue weighted by molar-refractivity contribution is -0.122. The van der Waals surface area contributed by atoms with Crippen molar-refractivity contribution in [2.75, 3.05) is 12.3 Å². The van der Waals surface area contributed by atoms with E-state index < -0.39 is 0 Å². The molecule has 0 bridgehead atoms. The molecule has 1 rings (SSSR count). The van der Waals surface area contributed by atoms with E-state index in [1.54, 1.807) is 11.8 Å². The average Bonchev–Trinajstić information content (AvgIpc) is 2.24. The van der Waals surface area contributed by atoms with Crippen LogP contribution in [0.5, 0.6) is 0 Å². The van der Waals surface area contributed by atoms with Crippen LogP contribution in [0.1, 0.15) is 32.8 Å². The van der Waals surface area contributed by atoms with Crippen LogP contribution in [0.2, 0.25) is 0 Å². The minimum atomic E-state index is 0.0637. The van der Waals surface area contributed by atoms with Gasteiger partial charge in [-0.25, -0.2) is 0 Å². The second-order valence-electron chi connectivity index (χ2n) is 5.75. The molecule has 0 saturated heterocycles. The van der Waals surface area contributed by atoms with Crippen molar-refractivity contribution >= 4 is 17.7 Å². The standard InChI is InChI=1S/C15H23NOS/c1-12-5-7-13(8-6-12)18-10-9-16-14(17)11-15(2,3)4/h5-8H,9-11H2,1-4H3,(H,16,17). The average molecular weight is 265 g/mol. The van der Waals surface area contributed by atoms with Crippen LogP contribution in [-0.4, -0.2) is 18.2 Å². The Labute approximate surface area is 115 Å². The first-order valence-corrected chi connectivity index (χ1v) is 7.31. The SMILES string of the molecule is Cc1ccc(SCCNC(=O)CC(C)(C)C)cc1. The van der Waals surface area contributed by atoms with Crippen LogP contribution in [0.4, 0.5) is 0 Å². The summed E-state index contributed by atoms with van der Waals surface area (Å²) >= 11 is 1.77. The first kappa shape index (κ1) is 15.1. The van der Waals surface area contributed by atoms with Gasteiger partial charge in [0.05, 0.1) is 0 Å². The summed E-state index contributed by atoms with van der Waals surface area (Å²) in [5.74, 6) is 1.06. The molecule has 0 aliphatic rings. The van der Waals surface area contributed by atoms with Crippen molar-refractivity contribution in [1.82, 2.24) is 5.32 Å². The summed E-state index contributed by atoms with van der Waals surface area (Å²) in [6, 6.07) is 8.47. The zero-order valence-electron chi connectivity index (χ0n) is 11.7. The predicted molar refractivity (Wildman–Crippen MR) is 79.0 cm³/mol. The number of hydrogen-bond acceptors (Lipinski definition) is 2. The number of hydrogen-bond donors (Lipinski definition) is 1. The Morgan fingerprint density at radius 3 is 2.39 bits per heavy atom. The zero-order chi connectivity index (χ0) is 13.6. The van der Waals surface area contributed by atoms with Crippen LogP contribution in [0.15, 0.2) is 29.2 Å². The molecule has 0 fully saturated rings. The maximum Gasteiger partial charge on any atom is 0.220 e. The first-order valence-electron chi connectivity index (χ1n) is 6.33. The van der Waals surface area contributed by atoms with Crippen LogP contribution < -0.4 is 5.32 Å². The topological polar surface area (TPSA) is 29.1 Å². The van der Waals surface area contributed by atoms with Gasteiger partial charge in [0.2, 0.25) is 5.91 Å². The molecule has 0 aliphatic carbocycles. The van der Waals surface area contributed by atoms with E-state index >= 15 is 0 Å². The van der Waals surface area contributed by atoms with E-state index in [0.717, 1.165) is 12.3 Å². The maximum atomic E-state index is 11.6. The van der Waals surface area contributed by atoms with Crippen LogP contribution in [0.25, 0.3) is 0 Å². The molecule has 0 radical (unpaired) electrons. The van der Waals surface area contributed by atoms with Crippen LogP contribution in [-0.2, 0) is 4.79 Å². The molecule has 2 nitrogen and oxygen atoms in total. The van der Waals surface area contributed by atoms with Crippen molar-refractivity contribution in [3.8, 4) is 0 Å². The van der Waals surface area contributed by atoms with Gasteiger partial charge in [0, 0.05) is 23.6 Å². The van der Waals surface area contributed by atoms with E-state index in [4.69, 9.17) is 0 Å². The molecule has 0 spiro atoms. The van der Waals surface area contributed by atoms with Crippen molar-refractivity contribution in [2.45, 2.75) is 39.0 Å². The molecule has 1 aromatic carbocycles. The van der Waals surface area contributed by atoms with Gasteiger partial charge >= 0.3 is 0 Å². The molecule has 0 unspecified atom stereocenters. The number of thioether (sulfide) groups is 1. The van der Waals surface area contributed by atoms with E-state index in [0.29, 0.717) is 6.42 Å². The lowest BCUT2D eigenvalue weighted by Gasteiger charge is -2.17. The van der Waals surface area contributed by atoms with Crippen LogP contribution in [0.3, 0.4) is 0 Å². The quantitative estimate of drug-likeness (QED) is 0.650. The molecule has 18 heavy (non-hydrogen) atoms. The molecular weight excluding hydrogens is 242 g/mol. The maximum absolute atomic E-state index is 11.6. The molecule has 1 aromatic rings. The molecule has 0 saturated carbocycles. The van der Waals surface area contributed by atoms with Gasteiger partial charge in [0.1, 0.15) is 0 Å². The predicted octanol–water partition coefficient (Wildman–Crippen LogP) is 3.64. The van der Waals surface area contributed by atoms with E-state index in [1.165, 1.54) is 10.5 Å². The Kier molecular flexibility index (Phi) is 5.73. The first-order chi connectivity index (χ1) is 8.37. The number of nitrogens with one attached hydrogen (secondary N) is 1. The van der Waals surface area contributed by atoms with Gasteiger partial charge in [-0.1, -0.05) is 38.5 Å². The summed E-state index contributed by atoms with van der Waals surface area (Å²) in [4.78, 5) is 12.8. The van der Waals surface area contributed by atoms with E-state index in [1.807, 2.05) is 0 Å². The highest BCUT2D eigenvalue weighted by molar-refractivity contribution is 7.99. The third kappa shape index (κ3) is 6.70. The molecule has 0 aromatic heterocycles. The van der Waals surface area contributed by atoms with Gasteiger partial charge in [-0.3, -0.25) is 4.79 Å². The Morgan fingerprint density at radius 1 is 1.22 bits per heavy atom. The van der Waals surface area contributed by atoms with Crippen molar-refractivity contribution in [2.24, 2.45) is 5.41 Å². The molecule has 3 heteroatoms. The number of amides is 1. The highest BCUT2D eigenvalue weighted by Gasteiger charge is 2.15. The Hall–Kier alpha value is -0.960. The third-order valence-electron chi connectivity index (χ3n) is 2.40. The highest BCUT2D eigenvalue weighted by atomic mass is 32.2. The van der Waals surface area contributed by atoms with Crippen molar-refractivity contribution < 1.29 is 4.79 Å². The number of rotatable bonds is 5. The summed E-state index contributed by atoms with van der Waals surface area (Å²) in [6.45, 7) is 9.05. The van der Waals surface area contributed by atoms with Crippen LogP contribution in [0, 0.1) is 12.3 Å². The van der Waals surface area contributed by atoms with E-state index in [-0.39, 0.29) is 11.3 Å². The van der Waals surface area contributed by atoms with Crippen molar-refractivity contribution in [3.63, 3.8) is 0 Å². The number of benzene rings is 1. The molecular formula is C15H23NOS. The fraction of sp³-hybridized carbons (Fsp3) is 0.533. The molecule has 100 valence electrons. The normalized spacial score (nSPS) is 11.3. The lowest BCUT2D eigenvalue weighted by atomic mass is 9.92. The minimum Gasteiger partial charge on any atom is -0.355 e. The Balaban J connectivity index is 2.19. The largest absolute Gasteiger partial charge is 0.355 e. The molecule has 1 N–H and O–H groups in total. The van der Waals surface area contributed by atoms with Crippen LogP contribution >= 0.6 is 11.8 Å². The second-order valence-corrected chi connectivity index (χ2v) is 6.92. The van der Waals surface area contributed by atoms with Gasteiger partial charge in [0.15, 0.2) is 0 Å². The Bertz CT molecular complexity index is 378. The zero-order valence-corrected chi connectivity index (χ0v) is 12.6. The summed E-state index contributed by atoms with van der Waals surface area (Å²) in [6.07, 6.45) is 0.586. The fourth-order valence-electron chi connectivity index (χ4n) is 1.54. The smallest absolute Gasteiger partial charge is 0.220 e. The summed E-state index contributed by atoms with van der Waals surface area (Å²) in [5.41, 5.74) is 1.34. The number of carbonyl (C=O) groups excluding carboxylic acids is 1.